The van der Waals surface area contributed by atoms with E-state index in [-0.39, 0.29) is 5.54 Å². The van der Waals surface area contributed by atoms with Crippen LogP contribution >= 0.6 is 0 Å². The Balaban J connectivity index is 2.14. The van der Waals surface area contributed by atoms with Gasteiger partial charge in [0.2, 0.25) is 0 Å². The van der Waals surface area contributed by atoms with Crippen LogP contribution in [0.25, 0.3) is 0 Å². The molecule has 2 heterocycles. The molecule has 0 saturated carbocycles. The molecule has 1 atom stereocenters. The number of hydrogen-bond donors (Lipinski definition) is 1. The van der Waals surface area contributed by atoms with E-state index in [1.807, 2.05) is 6.92 Å². The van der Waals surface area contributed by atoms with Crippen LogP contribution < -0.4 is 5.32 Å². The lowest BCUT2D eigenvalue weighted by Gasteiger charge is -2.24. The third kappa shape index (κ3) is 1.85. The van der Waals surface area contributed by atoms with Crippen molar-refractivity contribution in [1.29, 1.82) is 0 Å². The summed E-state index contributed by atoms with van der Waals surface area (Å²) in [6, 6.07) is 0. The van der Waals surface area contributed by atoms with Crippen LogP contribution in [0.5, 0.6) is 0 Å². The van der Waals surface area contributed by atoms with Gasteiger partial charge in [-0.1, -0.05) is 0 Å². The highest BCUT2D eigenvalue weighted by molar-refractivity contribution is 5.41. The highest BCUT2D eigenvalue weighted by atomic mass is 16.5. The van der Waals surface area contributed by atoms with E-state index in [1.165, 1.54) is 0 Å². The standard InChI is InChI=1S/C10H15N3O/c1-8-9(12-5-4-11-8)13-10(2)3-6-14-7-10/h4-5H,3,6-7H2,1-2H3,(H,12,13). The van der Waals surface area contributed by atoms with Crippen LogP contribution in [0, 0.1) is 6.92 Å². The van der Waals surface area contributed by atoms with Crippen LogP contribution in [0.2, 0.25) is 0 Å². The molecule has 1 N–H and O–H groups in total. The van der Waals surface area contributed by atoms with Crippen molar-refractivity contribution in [3.05, 3.63) is 18.1 Å². The van der Waals surface area contributed by atoms with Crippen LogP contribution in [0.3, 0.4) is 0 Å². The number of rotatable bonds is 2. The lowest BCUT2D eigenvalue weighted by Crippen LogP contribution is -2.35. The van der Waals surface area contributed by atoms with Crippen LogP contribution in [-0.4, -0.2) is 28.7 Å². The first-order valence-corrected chi connectivity index (χ1v) is 4.83. The van der Waals surface area contributed by atoms with Crippen LogP contribution in [0.15, 0.2) is 12.4 Å². The molecule has 76 valence electrons. The predicted molar refractivity (Wildman–Crippen MR) is 54.2 cm³/mol. The summed E-state index contributed by atoms with van der Waals surface area (Å²) in [5.41, 5.74) is 0.946. The summed E-state index contributed by atoms with van der Waals surface area (Å²) in [6.45, 7) is 5.66. The second kappa shape index (κ2) is 3.53. The maximum Gasteiger partial charge on any atom is 0.147 e. The van der Waals surface area contributed by atoms with Crippen molar-refractivity contribution in [2.45, 2.75) is 25.8 Å². The lowest BCUT2D eigenvalue weighted by molar-refractivity contribution is 0.185. The number of aromatic nitrogens is 2. The van der Waals surface area contributed by atoms with Crippen molar-refractivity contribution in [2.24, 2.45) is 0 Å². The minimum atomic E-state index is 0.0147. The number of nitrogens with zero attached hydrogens (tertiary/aromatic N) is 2. The van der Waals surface area contributed by atoms with Crippen LogP contribution in [0.1, 0.15) is 19.0 Å². The minimum absolute atomic E-state index is 0.0147. The second-order valence-electron chi connectivity index (χ2n) is 3.98. The molecular formula is C10H15N3O. The van der Waals surface area contributed by atoms with E-state index in [1.54, 1.807) is 12.4 Å². The Morgan fingerprint density at radius 3 is 2.86 bits per heavy atom. The summed E-state index contributed by atoms with van der Waals surface area (Å²) in [7, 11) is 0. The molecule has 1 aliphatic heterocycles. The molecule has 0 bridgehead atoms. The van der Waals surface area contributed by atoms with E-state index in [0.717, 1.165) is 31.1 Å². The molecule has 14 heavy (non-hydrogen) atoms. The maximum atomic E-state index is 5.36. The topological polar surface area (TPSA) is 47.0 Å². The van der Waals surface area contributed by atoms with E-state index in [4.69, 9.17) is 4.74 Å². The Morgan fingerprint density at radius 2 is 2.21 bits per heavy atom. The quantitative estimate of drug-likeness (QED) is 0.770. The number of nitrogens with one attached hydrogen (secondary N) is 1. The van der Waals surface area contributed by atoms with Gasteiger partial charge in [0.1, 0.15) is 5.82 Å². The summed E-state index contributed by atoms with van der Waals surface area (Å²) in [6.07, 6.45) is 4.42. The van der Waals surface area contributed by atoms with Gasteiger partial charge in [0.25, 0.3) is 0 Å². The largest absolute Gasteiger partial charge is 0.379 e. The zero-order valence-corrected chi connectivity index (χ0v) is 8.58. The third-order valence-corrected chi connectivity index (χ3v) is 2.52. The SMILES string of the molecule is Cc1nccnc1NC1(C)CCOC1. The van der Waals surface area contributed by atoms with Crippen molar-refractivity contribution < 1.29 is 4.74 Å². The molecule has 4 nitrogen and oxygen atoms in total. The first-order valence-electron chi connectivity index (χ1n) is 4.83. The first kappa shape index (κ1) is 9.40. The number of ether oxygens (including phenoxy) is 1. The fraction of sp³-hybridized carbons (Fsp3) is 0.600. The summed E-state index contributed by atoms with van der Waals surface area (Å²) in [5.74, 6) is 0.862. The van der Waals surface area contributed by atoms with E-state index in [9.17, 15) is 0 Å². The van der Waals surface area contributed by atoms with Crippen molar-refractivity contribution >= 4 is 5.82 Å². The highest BCUT2D eigenvalue weighted by Crippen LogP contribution is 2.23. The van der Waals surface area contributed by atoms with Gasteiger partial charge in [-0.15, -0.1) is 0 Å². The fourth-order valence-corrected chi connectivity index (χ4v) is 1.58. The summed E-state index contributed by atoms with van der Waals surface area (Å²) < 4.78 is 5.36. The minimum Gasteiger partial charge on any atom is -0.379 e. The monoisotopic (exact) mass is 193 g/mol. The summed E-state index contributed by atoms with van der Waals surface area (Å²) in [5, 5.41) is 3.39. The summed E-state index contributed by atoms with van der Waals surface area (Å²) >= 11 is 0. The smallest absolute Gasteiger partial charge is 0.147 e. The number of aryl methyl sites for hydroxylation is 1. The van der Waals surface area contributed by atoms with Gasteiger partial charge in [-0.25, -0.2) is 4.98 Å². The predicted octanol–water partition coefficient (Wildman–Crippen LogP) is 1.38. The molecule has 0 aromatic carbocycles. The van der Waals surface area contributed by atoms with E-state index in [2.05, 4.69) is 22.2 Å². The zero-order chi connectivity index (χ0) is 10.0. The molecule has 1 unspecified atom stereocenters. The van der Waals surface area contributed by atoms with Gasteiger partial charge >= 0.3 is 0 Å². The molecular weight excluding hydrogens is 178 g/mol. The van der Waals surface area contributed by atoms with Crippen LogP contribution in [-0.2, 0) is 4.74 Å². The third-order valence-electron chi connectivity index (χ3n) is 2.52. The summed E-state index contributed by atoms with van der Waals surface area (Å²) in [4.78, 5) is 8.44. The Morgan fingerprint density at radius 1 is 1.43 bits per heavy atom. The highest BCUT2D eigenvalue weighted by Gasteiger charge is 2.30. The lowest BCUT2D eigenvalue weighted by atomic mass is 10.0. The van der Waals surface area contributed by atoms with Gasteiger partial charge in [-0.3, -0.25) is 4.98 Å². The van der Waals surface area contributed by atoms with Crippen molar-refractivity contribution in [3.63, 3.8) is 0 Å². The number of anilines is 1. The second-order valence-corrected chi connectivity index (χ2v) is 3.98. The molecule has 1 aromatic rings. The van der Waals surface area contributed by atoms with E-state index in [0.29, 0.717) is 0 Å². The molecule has 1 saturated heterocycles. The zero-order valence-electron chi connectivity index (χ0n) is 8.58. The first-order chi connectivity index (χ1) is 6.70. The molecule has 0 aliphatic carbocycles. The molecule has 4 heteroatoms. The van der Waals surface area contributed by atoms with Crippen molar-refractivity contribution in [2.75, 3.05) is 18.5 Å². The molecule has 0 radical (unpaired) electrons. The Labute approximate surface area is 83.7 Å². The van der Waals surface area contributed by atoms with Crippen molar-refractivity contribution in [3.8, 4) is 0 Å². The number of hydrogen-bond acceptors (Lipinski definition) is 4. The van der Waals surface area contributed by atoms with Gasteiger partial charge in [0, 0.05) is 19.0 Å². The van der Waals surface area contributed by atoms with Gasteiger partial charge in [0.15, 0.2) is 0 Å². The molecule has 0 spiro atoms. The molecule has 2 rings (SSSR count). The van der Waals surface area contributed by atoms with Gasteiger partial charge < -0.3 is 10.1 Å². The fourth-order valence-electron chi connectivity index (χ4n) is 1.58. The Bertz CT molecular complexity index is 321. The van der Waals surface area contributed by atoms with Crippen LogP contribution in [0.4, 0.5) is 5.82 Å². The normalized spacial score (nSPS) is 26.4. The van der Waals surface area contributed by atoms with Crippen molar-refractivity contribution in [1.82, 2.24) is 9.97 Å². The molecule has 1 fully saturated rings. The van der Waals surface area contributed by atoms with E-state index < -0.39 is 0 Å². The average Bonchev–Trinajstić information content (AvgIpc) is 2.57. The molecule has 1 aliphatic rings. The maximum absolute atomic E-state index is 5.36. The van der Waals surface area contributed by atoms with Gasteiger partial charge in [-0.2, -0.15) is 0 Å². The molecule has 0 amide bonds. The Hall–Kier alpha value is -1.16. The van der Waals surface area contributed by atoms with Gasteiger partial charge in [0.05, 0.1) is 17.8 Å². The average molecular weight is 193 g/mol. The Kier molecular flexibility index (Phi) is 2.37. The van der Waals surface area contributed by atoms with E-state index >= 15 is 0 Å². The van der Waals surface area contributed by atoms with Gasteiger partial charge in [-0.05, 0) is 20.3 Å². The molecule has 1 aromatic heterocycles.